The number of hydrogen-bond donors (Lipinski definition) is 0. The Bertz CT molecular complexity index is 575. The molecule has 0 aliphatic carbocycles. The average molecular weight is 318 g/mol. The van der Waals surface area contributed by atoms with Crippen LogP contribution < -0.4 is 0 Å². The molecule has 1 aromatic rings. The molecular weight excluding hydrogens is 290 g/mol. The lowest BCUT2D eigenvalue weighted by Crippen LogP contribution is -2.53. The van der Waals surface area contributed by atoms with Crippen molar-refractivity contribution in [3.8, 4) is 0 Å². The molecule has 1 aromatic carbocycles. The van der Waals surface area contributed by atoms with Crippen LogP contribution in [0.1, 0.15) is 51.2 Å². The second-order valence-electron chi connectivity index (χ2n) is 7.59. The van der Waals surface area contributed by atoms with Crippen LogP contribution in [0.25, 0.3) is 0 Å². The standard InChI is InChI=1S/C18H27N3S/c1-17(2,3)14-8-10-15(11-9-14)18-12-6-7-13-21(18)20(5)16(22)19(18)4/h8-11H,6-7,12-13H2,1-5H3. The van der Waals surface area contributed by atoms with Crippen molar-refractivity contribution in [2.45, 2.75) is 51.1 Å². The van der Waals surface area contributed by atoms with Crippen LogP contribution in [-0.2, 0) is 11.1 Å². The van der Waals surface area contributed by atoms with Crippen LogP contribution in [0.3, 0.4) is 0 Å². The van der Waals surface area contributed by atoms with Gasteiger partial charge in [0.1, 0.15) is 5.66 Å². The molecule has 2 saturated heterocycles. The molecule has 0 spiro atoms. The van der Waals surface area contributed by atoms with Gasteiger partial charge in [-0.3, -0.25) is 5.01 Å². The van der Waals surface area contributed by atoms with Gasteiger partial charge in [-0.15, -0.1) is 0 Å². The van der Waals surface area contributed by atoms with Gasteiger partial charge < -0.3 is 4.90 Å². The van der Waals surface area contributed by atoms with Crippen molar-refractivity contribution in [1.29, 1.82) is 0 Å². The SMILES string of the molecule is CN1C(=S)N(C)C2(c3ccc(C(C)(C)C)cc3)CCCCN12. The van der Waals surface area contributed by atoms with Gasteiger partial charge in [-0.25, -0.2) is 0 Å². The molecule has 120 valence electrons. The summed E-state index contributed by atoms with van der Waals surface area (Å²) >= 11 is 5.65. The zero-order chi connectivity index (χ0) is 16.1. The van der Waals surface area contributed by atoms with Crippen molar-refractivity contribution in [2.75, 3.05) is 20.6 Å². The van der Waals surface area contributed by atoms with Crippen LogP contribution in [0, 0.1) is 0 Å². The Morgan fingerprint density at radius 2 is 1.68 bits per heavy atom. The molecule has 1 atom stereocenters. The van der Waals surface area contributed by atoms with Crippen molar-refractivity contribution in [3.05, 3.63) is 35.4 Å². The minimum absolute atomic E-state index is 0.0967. The average Bonchev–Trinajstić information content (AvgIpc) is 2.70. The Morgan fingerprint density at radius 1 is 1.05 bits per heavy atom. The van der Waals surface area contributed by atoms with E-state index in [-0.39, 0.29) is 11.1 Å². The lowest BCUT2D eigenvalue weighted by molar-refractivity contribution is -0.0843. The minimum atomic E-state index is -0.0967. The Morgan fingerprint density at radius 3 is 2.27 bits per heavy atom. The molecule has 0 aromatic heterocycles. The second kappa shape index (κ2) is 5.20. The minimum Gasteiger partial charge on any atom is -0.327 e. The highest BCUT2D eigenvalue weighted by molar-refractivity contribution is 7.80. The van der Waals surface area contributed by atoms with Gasteiger partial charge in [0.05, 0.1) is 0 Å². The number of fused-ring (bicyclic) bond motifs is 1. The normalized spacial score (nSPS) is 26.5. The van der Waals surface area contributed by atoms with E-state index in [9.17, 15) is 0 Å². The van der Waals surface area contributed by atoms with E-state index in [4.69, 9.17) is 12.2 Å². The highest BCUT2D eigenvalue weighted by atomic mass is 32.1. The van der Waals surface area contributed by atoms with Crippen molar-refractivity contribution in [1.82, 2.24) is 14.9 Å². The molecule has 2 aliphatic heterocycles. The highest BCUT2D eigenvalue weighted by Gasteiger charge is 2.53. The third kappa shape index (κ3) is 2.16. The smallest absolute Gasteiger partial charge is 0.187 e. The van der Waals surface area contributed by atoms with Crippen LogP contribution in [-0.4, -0.2) is 40.7 Å². The van der Waals surface area contributed by atoms with E-state index in [2.05, 4.69) is 74.0 Å². The van der Waals surface area contributed by atoms with E-state index in [1.54, 1.807) is 0 Å². The molecule has 2 fully saturated rings. The lowest BCUT2D eigenvalue weighted by atomic mass is 9.83. The molecule has 0 bridgehead atoms. The molecule has 3 rings (SSSR count). The molecular formula is C18H27N3S. The fourth-order valence-electron chi connectivity index (χ4n) is 3.89. The Balaban J connectivity index is 2.05. The Labute approximate surface area is 139 Å². The van der Waals surface area contributed by atoms with Gasteiger partial charge in [-0.1, -0.05) is 45.0 Å². The summed E-state index contributed by atoms with van der Waals surface area (Å²) in [7, 11) is 4.23. The predicted octanol–water partition coefficient (Wildman–Crippen LogP) is 3.70. The summed E-state index contributed by atoms with van der Waals surface area (Å²) in [4.78, 5) is 2.29. The molecule has 3 nitrogen and oxygen atoms in total. The van der Waals surface area contributed by atoms with Crippen LogP contribution in [0.2, 0.25) is 0 Å². The van der Waals surface area contributed by atoms with E-state index in [1.807, 2.05) is 0 Å². The van der Waals surface area contributed by atoms with Crippen molar-refractivity contribution >= 4 is 17.3 Å². The number of benzene rings is 1. The first kappa shape index (κ1) is 15.8. The summed E-state index contributed by atoms with van der Waals surface area (Å²) in [5.74, 6) is 0. The first-order chi connectivity index (χ1) is 10.3. The number of rotatable bonds is 1. The monoisotopic (exact) mass is 317 g/mol. The Hall–Kier alpha value is -1.13. The van der Waals surface area contributed by atoms with Crippen LogP contribution in [0.4, 0.5) is 0 Å². The van der Waals surface area contributed by atoms with Crippen LogP contribution in [0.15, 0.2) is 24.3 Å². The number of thiocarbonyl (C=S) groups is 1. The number of piperidine rings is 1. The van der Waals surface area contributed by atoms with Crippen molar-refractivity contribution < 1.29 is 0 Å². The summed E-state index contributed by atoms with van der Waals surface area (Å²) in [6.07, 6.45) is 3.61. The zero-order valence-electron chi connectivity index (χ0n) is 14.4. The highest BCUT2D eigenvalue weighted by Crippen LogP contribution is 2.45. The van der Waals surface area contributed by atoms with Crippen molar-refractivity contribution in [2.24, 2.45) is 0 Å². The first-order valence-corrected chi connectivity index (χ1v) is 8.59. The van der Waals surface area contributed by atoms with E-state index in [1.165, 1.54) is 24.0 Å². The van der Waals surface area contributed by atoms with Crippen LogP contribution in [0.5, 0.6) is 0 Å². The van der Waals surface area contributed by atoms with Gasteiger partial charge in [-0.05, 0) is 48.0 Å². The molecule has 0 N–H and O–H groups in total. The summed E-state index contributed by atoms with van der Waals surface area (Å²) < 4.78 is 0. The third-order valence-corrected chi connectivity index (χ3v) is 5.80. The largest absolute Gasteiger partial charge is 0.327 e. The van der Waals surface area contributed by atoms with Gasteiger partial charge in [0, 0.05) is 20.6 Å². The second-order valence-corrected chi connectivity index (χ2v) is 7.95. The Kier molecular flexibility index (Phi) is 3.73. The summed E-state index contributed by atoms with van der Waals surface area (Å²) in [6.45, 7) is 7.86. The molecule has 2 heterocycles. The molecule has 0 radical (unpaired) electrons. The van der Waals surface area contributed by atoms with Gasteiger partial charge in [0.25, 0.3) is 0 Å². The van der Waals surface area contributed by atoms with Gasteiger partial charge in [-0.2, -0.15) is 5.01 Å². The summed E-state index contributed by atoms with van der Waals surface area (Å²) in [6, 6.07) is 9.17. The third-order valence-electron chi connectivity index (χ3n) is 5.27. The van der Waals surface area contributed by atoms with E-state index in [0.717, 1.165) is 18.1 Å². The fraction of sp³-hybridized carbons (Fsp3) is 0.611. The quantitative estimate of drug-likeness (QED) is 0.730. The number of nitrogens with zero attached hydrogens (tertiary/aromatic N) is 3. The zero-order valence-corrected chi connectivity index (χ0v) is 15.2. The maximum absolute atomic E-state index is 5.65. The summed E-state index contributed by atoms with van der Waals surface area (Å²) in [5.41, 5.74) is 2.83. The molecule has 2 aliphatic rings. The van der Waals surface area contributed by atoms with E-state index < -0.39 is 0 Å². The summed E-state index contributed by atoms with van der Waals surface area (Å²) in [5, 5.41) is 5.53. The predicted molar refractivity (Wildman–Crippen MR) is 95.5 cm³/mol. The lowest BCUT2D eigenvalue weighted by Gasteiger charge is -2.46. The van der Waals surface area contributed by atoms with Gasteiger partial charge in [0.2, 0.25) is 0 Å². The number of hydrazine groups is 1. The maximum atomic E-state index is 5.65. The number of hydrogen-bond acceptors (Lipinski definition) is 2. The molecule has 0 amide bonds. The van der Waals surface area contributed by atoms with Crippen LogP contribution >= 0.6 is 12.2 Å². The van der Waals surface area contributed by atoms with E-state index in [0.29, 0.717) is 0 Å². The van der Waals surface area contributed by atoms with Crippen molar-refractivity contribution in [3.63, 3.8) is 0 Å². The van der Waals surface area contributed by atoms with Gasteiger partial charge in [0.15, 0.2) is 5.11 Å². The van der Waals surface area contributed by atoms with Gasteiger partial charge >= 0.3 is 0 Å². The molecule has 22 heavy (non-hydrogen) atoms. The maximum Gasteiger partial charge on any atom is 0.187 e. The molecule has 0 saturated carbocycles. The topological polar surface area (TPSA) is 9.72 Å². The fourth-order valence-corrected chi connectivity index (χ4v) is 4.14. The first-order valence-electron chi connectivity index (χ1n) is 8.18. The molecule has 1 unspecified atom stereocenters. The van der Waals surface area contributed by atoms with E-state index >= 15 is 0 Å². The molecule has 4 heteroatoms.